The molecule has 0 N–H and O–H groups in total. The van der Waals surface area contributed by atoms with Gasteiger partial charge < -0.3 is 4.90 Å². The van der Waals surface area contributed by atoms with Crippen LogP contribution >= 0.6 is 11.8 Å². The minimum Gasteiger partial charge on any atom is -0.307 e. The van der Waals surface area contributed by atoms with Gasteiger partial charge in [0.25, 0.3) is 5.91 Å². The van der Waals surface area contributed by atoms with Gasteiger partial charge >= 0.3 is 0 Å². The van der Waals surface area contributed by atoms with Gasteiger partial charge in [0.1, 0.15) is 0 Å². The van der Waals surface area contributed by atoms with Crippen LogP contribution in [0.15, 0.2) is 52.3 Å². The number of fused-ring (bicyclic) bond motifs is 1. The SMILES string of the molecule is CCN(CC)S(=O)(=O)c1ccc(C)c(C(=O)N2CCCSc3ccccc32)c1. The molecule has 2 aromatic rings. The van der Waals surface area contributed by atoms with Gasteiger partial charge in [0.2, 0.25) is 10.0 Å². The molecule has 28 heavy (non-hydrogen) atoms. The average Bonchev–Trinajstić information content (AvgIpc) is 2.91. The molecule has 0 aromatic heterocycles. The van der Waals surface area contributed by atoms with E-state index in [1.165, 1.54) is 10.4 Å². The molecule has 1 aliphatic heterocycles. The van der Waals surface area contributed by atoms with Crippen molar-refractivity contribution in [3.8, 4) is 0 Å². The lowest BCUT2D eigenvalue weighted by molar-refractivity contribution is 0.0986. The van der Waals surface area contributed by atoms with Crippen LogP contribution in [0.3, 0.4) is 0 Å². The van der Waals surface area contributed by atoms with E-state index in [1.54, 1.807) is 28.8 Å². The van der Waals surface area contributed by atoms with E-state index in [2.05, 4.69) is 0 Å². The Balaban J connectivity index is 2.04. The van der Waals surface area contributed by atoms with Crippen LogP contribution in [0, 0.1) is 6.92 Å². The van der Waals surface area contributed by atoms with E-state index in [9.17, 15) is 13.2 Å². The molecule has 2 aromatic carbocycles. The lowest BCUT2D eigenvalue weighted by Gasteiger charge is -2.24. The number of nitrogens with zero attached hydrogens (tertiary/aromatic N) is 2. The van der Waals surface area contributed by atoms with E-state index in [0.717, 1.165) is 28.3 Å². The zero-order valence-corrected chi connectivity index (χ0v) is 18.1. The van der Waals surface area contributed by atoms with Crippen LogP contribution in [-0.4, -0.2) is 44.0 Å². The van der Waals surface area contributed by atoms with Crippen LogP contribution < -0.4 is 4.90 Å². The zero-order chi connectivity index (χ0) is 20.3. The van der Waals surface area contributed by atoms with E-state index in [1.807, 2.05) is 45.0 Å². The third kappa shape index (κ3) is 3.97. The summed E-state index contributed by atoms with van der Waals surface area (Å²) >= 11 is 1.75. The monoisotopic (exact) mass is 418 g/mol. The fourth-order valence-electron chi connectivity index (χ4n) is 3.39. The van der Waals surface area contributed by atoms with Gasteiger partial charge in [0.05, 0.1) is 10.6 Å². The summed E-state index contributed by atoms with van der Waals surface area (Å²) in [6.07, 6.45) is 0.890. The van der Waals surface area contributed by atoms with Crippen molar-refractivity contribution in [1.82, 2.24) is 4.31 Å². The second-order valence-corrected chi connectivity index (χ2v) is 9.77. The van der Waals surface area contributed by atoms with Crippen molar-refractivity contribution in [2.24, 2.45) is 0 Å². The van der Waals surface area contributed by atoms with Gasteiger partial charge in [-0.2, -0.15) is 4.31 Å². The largest absolute Gasteiger partial charge is 0.307 e. The Morgan fingerprint density at radius 1 is 1.14 bits per heavy atom. The molecule has 5 nitrogen and oxygen atoms in total. The number of sulfonamides is 1. The van der Waals surface area contributed by atoms with Crippen LogP contribution in [0.2, 0.25) is 0 Å². The van der Waals surface area contributed by atoms with E-state index >= 15 is 0 Å². The van der Waals surface area contributed by atoms with Crippen LogP contribution in [0.1, 0.15) is 36.2 Å². The maximum absolute atomic E-state index is 13.4. The molecule has 3 rings (SSSR count). The zero-order valence-electron chi connectivity index (χ0n) is 16.5. The van der Waals surface area contributed by atoms with Crippen LogP contribution in [0.5, 0.6) is 0 Å². The third-order valence-corrected chi connectivity index (χ3v) is 8.16. The number of anilines is 1. The van der Waals surface area contributed by atoms with Crippen molar-refractivity contribution < 1.29 is 13.2 Å². The summed E-state index contributed by atoms with van der Waals surface area (Å²) in [6, 6.07) is 12.7. The predicted octanol–water partition coefficient (Wildman–Crippen LogP) is 4.17. The normalized spacial score (nSPS) is 14.6. The van der Waals surface area contributed by atoms with Gasteiger partial charge in [0.15, 0.2) is 0 Å². The number of aryl methyl sites for hydroxylation is 1. The third-order valence-electron chi connectivity index (χ3n) is 4.97. The summed E-state index contributed by atoms with van der Waals surface area (Å²) in [5.74, 6) is 0.805. The molecule has 1 aliphatic rings. The highest BCUT2D eigenvalue weighted by Gasteiger charge is 2.27. The van der Waals surface area contributed by atoms with Gasteiger partial charge in [-0.25, -0.2) is 8.42 Å². The van der Waals surface area contributed by atoms with Crippen LogP contribution in [-0.2, 0) is 10.0 Å². The van der Waals surface area contributed by atoms with Crippen molar-refractivity contribution in [1.29, 1.82) is 0 Å². The highest BCUT2D eigenvalue weighted by atomic mass is 32.2. The minimum absolute atomic E-state index is 0.149. The van der Waals surface area contributed by atoms with Gasteiger partial charge in [0, 0.05) is 30.1 Å². The first-order valence-electron chi connectivity index (χ1n) is 9.54. The number of benzene rings is 2. The number of rotatable bonds is 5. The molecule has 0 saturated carbocycles. The topological polar surface area (TPSA) is 57.7 Å². The summed E-state index contributed by atoms with van der Waals surface area (Å²) in [5, 5.41) is 0. The van der Waals surface area contributed by atoms with Gasteiger partial charge in [-0.1, -0.05) is 32.0 Å². The number of carbonyl (C=O) groups excluding carboxylic acids is 1. The first-order valence-corrected chi connectivity index (χ1v) is 12.0. The first-order chi connectivity index (χ1) is 13.4. The van der Waals surface area contributed by atoms with Crippen molar-refractivity contribution in [2.45, 2.75) is 37.0 Å². The summed E-state index contributed by atoms with van der Waals surface area (Å²) in [6.45, 7) is 6.88. The maximum Gasteiger partial charge on any atom is 0.258 e. The Bertz CT molecular complexity index is 969. The predicted molar refractivity (Wildman–Crippen MR) is 115 cm³/mol. The van der Waals surface area contributed by atoms with Gasteiger partial charge in [-0.3, -0.25) is 4.79 Å². The van der Waals surface area contributed by atoms with E-state index < -0.39 is 10.0 Å². The van der Waals surface area contributed by atoms with Crippen molar-refractivity contribution >= 4 is 33.4 Å². The summed E-state index contributed by atoms with van der Waals surface area (Å²) < 4.78 is 27.2. The average molecular weight is 419 g/mol. The standard InChI is InChI=1S/C21H26N2O3S2/c1-4-22(5-2)28(25,26)17-12-11-16(3)18(15-17)21(24)23-13-8-14-27-20-10-7-6-9-19(20)23/h6-7,9-12,15H,4-5,8,13-14H2,1-3H3. The number of hydrogen-bond donors (Lipinski definition) is 0. The first kappa shape index (κ1) is 20.9. The highest BCUT2D eigenvalue weighted by Crippen LogP contribution is 2.34. The summed E-state index contributed by atoms with van der Waals surface area (Å²) in [4.78, 5) is 16.5. The van der Waals surface area contributed by atoms with E-state index in [4.69, 9.17) is 0 Å². The Hall–Kier alpha value is -1.83. The fraction of sp³-hybridized carbons (Fsp3) is 0.381. The molecule has 0 fully saturated rings. The number of thioether (sulfide) groups is 1. The van der Waals surface area contributed by atoms with Gasteiger partial charge in [-0.05, 0) is 48.9 Å². The molecule has 0 unspecified atom stereocenters. The summed E-state index contributed by atoms with van der Waals surface area (Å²) in [7, 11) is -3.61. The number of carbonyl (C=O) groups is 1. The molecule has 0 atom stereocenters. The van der Waals surface area contributed by atoms with Crippen molar-refractivity contribution in [3.05, 3.63) is 53.6 Å². The van der Waals surface area contributed by atoms with Crippen molar-refractivity contribution in [2.75, 3.05) is 30.3 Å². The second-order valence-electron chi connectivity index (χ2n) is 6.69. The maximum atomic E-state index is 13.4. The molecule has 150 valence electrons. The lowest BCUT2D eigenvalue weighted by Crippen LogP contribution is -2.33. The quantitative estimate of drug-likeness (QED) is 0.731. The van der Waals surface area contributed by atoms with E-state index in [-0.39, 0.29) is 10.8 Å². The van der Waals surface area contributed by atoms with Crippen LogP contribution in [0.4, 0.5) is 5.69 Å². The Morgan fingerprint density at radius 3 is 2.57 bits per heavy atom. The second kappa shape index (κ2) is 8.68. The molecule has 0 spiro atoms. The molecule has 0 radical (unpaired) electrons. The summed E-state index contributed by atoms with van der Waals surface area (Å²) in [5.41, 5.74) is 2.11. The molecular formula is C21H26N2O3S2. The number of para-hydroxylation sites is 1. The smallest absolute Gasteiger partial charge is 0.258 e. The molecule has 0 saturated heterocycles. The lowest BCUT2D eigenvalue weighted by atomic mass is 10.1. The highest BCUT2D eigenvalue weighted by molar-refractivity contribution is 7.99. The number of hydrogen-bond acceptors (Lipinski definition) is 4. The molecule has 1 amide bonds. The minimum atomic E-state index is -3.61. The van der Waals surface area contributed by atoms with Crippen molar-refractivity contribution in [3.63, 3.8) is 0 Å². The Kier molecular flexibility index (Phi) is 6.47. The molecule has 0 aliphatic carbocycles. The molecule has 1 heterocycles. The number of amides is 1. The van der Waals surface area contributed by atoms with E-state index in [0.29, 0.717) is 25.2 Å². The van der Waals surface area contributed by atoms with Crippen LogP contribution in [0.25, 0.3) is 0 Å². The Morgan fingerprint density at radius 2 is 1.86 bits per heavy atom. The fourth-order valence-corrected chi connectivity index (χ4v) is 5.87. The van der Waals surface area contributed by atoms with Gasteiger partial charge in [-0.15, -0.1) is 11.8 Å². The Labute approximate surface area is 171 Å². The molecule has 7 heteroatoms. The molecule has 0 bridgehead atoms. The molecular weight excluding hydrogens is 392 g/mol.